The fourth-order valence-electron chi connectivity index (χ4n) is 3.32. The first kappa shape index (κ1) is 17.9. The van der Waals surface area contributed by atoms with Crippen molar-refractivity contribution in [3.63, 3.8) is 0 Å². The molecule has 140 valence electrons. The largest absolute Gasteiger partial charge is 0.419 e. The molecule has 7 heteroatoms. The van der Waals surface area contributed by atoms with Crippen LogP contribution >= 0.6 is 11.6 Å². The molecule has 4 rings (SSSR count). The fraction of sp³-hybridized carbons (Fsp3) is 0.300. The molecule has 1 saturated heterocycles. The summed E-state index contributed by atoms with van der Waals surface area (Å²) >= 11 is 6.04. The molecule has 0 spiro atoms. The maximum atomic E-state index is 13.1. The molecule has 0 unspecified atom stereocenters. The van der Waals surface area contributed by atoms with Gasteiger partial charge in [-0.2, -0.15) is 0 Å². The maximum absolute atomic E-state index is 13.1. The van der Waals surface area contributed by atoms with E-state index in [0.717, 1.165) is 37.4 Å². The highest BCUT2D eigenvalue weighted by molar-refractivity contribution is 6.30. The van der Waals surface area contributed by atoms with Crippen LogP contribution in [0.3, 0.4) is 0 Å². The van der Waals surface area contributed by atoms with Crippen LogP contribution in [0.1, 0.15) is 18.9 Å². The Morgan fingerprint density at radius 3 is 2.48 bits per heavy atom. The van der Waals surface area contributed by atoms with Crippen molar-refractivity contribution in [3.05, 3.63) is 65.3 Å². The first-order valence-corrected chi connectivity index (χ1v) is 9.32. The van der Waals surface area contributed by atoms with Gasteiger partial charge in [0.25, 0.3) is 0 Å². The van der Waals surface area contributed by atoms with E-state index in [1.165, 1.54) is 12.1 Å². The zero-order valence-electron chi connectivity index (χ0n) is 15.0. The number of halogens is 2. The zero-order chi connectivity index (χ0) is 18.8. The highest BCUT2D eigenvalue weighted by Crippen LogP contribution is 2.27. The lowest BCUT2D eigenvalue weighted by Crippen LogP contribution is -2.47. The smallest absolute Gasteiger partial charge is 0.247 e. The second kappa shape index (κ2) is 7.66. The standard InChI is InChI=1S/C20H20ClFN4O/c1-14(19-23-24-20(27-19)15-3-2-4-16(21)13-15)25-9-11-26(12-10-25)18-7-5-17(22)6-8-18/h2-8,13-14H,9-12H2,1H3/t14-/m0/s1. The lowest BCUT2D eigenvalue weighted by Gasteiger charge is -2.38. The van der Waals surface area contributed by atoms with Crippen molar-refractivity contribution in [2.75, 3.05) is 31.1 Å². The summed E-state index contributed by atoms with van der Waals surface area (Å²) in [6.07, 6.45) is 0. The Morgan fingerprint density at radius 1 is 1.04 bits per heavy atom. The van der Waals surface area contributed by atoms with Crippen molar-refractivity contribution in [3.8, 4) is 11.5 Å². The number of anilines is 1. The normalized spacial score (nSPS) is 16.5. The van der Waals surface area contributed by atoms with Crippen LogP contribution in [-0.4, -0.2) is 41.3 Å². The van der Waals surface area contributed by atoms with Gasteiger partial charge in [0.1, 0.15) is 5.82 Å². The van der Waals surface area contributed by atoms with Crippen molar-refractivity contribution in [2.45, 2.75) is 13.0 Å². The fourth-order valence-corrected chi connectivity index (χ4v) is 3.51. The summed E-state index contributed by atoms with van der Waals surface area (Å²) in [5.74, 6) is 0.863. The molecule has 1 fully saturated rings. The van der Waals surface area contributed by atoms with E-state index in [4.69, 9.17) is 16.0 Å². The van der Waals surface area contributed by atoms with Gasteiger partial charge in [-0.25, -0.2) is 4.39 Å². The Morgan fingerprint density at radius 2 is 1.78 bits per heavy atom. The molecule has 2 aromatic carbocycles. The van der Waals surface area contributed by atoms with Gasteiger partial charge in [0.15, 0.2) is 0 Å². The van der Waals surface area contributed by atoms with Crippen LogP contribution in [0.5, 0.6) is 0 Å². The minimum absolute atomic E-state index is 0.0285. The van der Waals surface area contributed by atoms with Gasteiger partial charge in [0.2, 0.25) is 11.8 Å². The number of piperazine rings is 1. The monoisotopic (exact) mass is 386 g/mol. The van der Waals surface area contributed by atoms with Gasteiger partial charge in [0, 0.05) is 42.5 Å². The molecule has 2 heterocycles. The highest BCUT2D eigenvalue weighted by atomic mass is 35.5. The summed E-state index contributed by atoms with van der Waals surface area (Å²) < 4.78 is 19.0. The van der Waals surface area contributed by atoms with Crippen LogP contribution in [-0.2, 0) is 0 Å². The van der Waals surface area contributed by atoms with E-state index in [0.29, 0.717) is 16.8 Å². The van der Waals surface area contributed by atoms with Crippen LogP contribution in [0.4, 0.5) is 10.1 Å². The summed E-state index contributed by atoms with van der Waals surface area (Å²) in [6, 6.07) is 14.1. The van der Waals surface area contributed by atoms with Crippen molar-refractivity contribution < 1.29 is 8.81 Å². The van der Waals surface area contributed by atoms with Gasteiger partial charge >= 0.3 is 0 Å². The van der Waals surface area contributed by atoms with Gasteiger partial charge in [-0.1, -0.05) is 17.7 Å². The molecule has 1 aliphatic rings. The third-order valence-electron chi connectivity index (χ3n) is 4.92. The average molecular weight is 387 g/mol. The molecule has 0 bridgehead atoms. The molecule has 5 nitrogen and oxygen atoms in total. The molecular weight excluding hydrogens is 367 g/mol. The number of hydrogen-bond donors (Lipinski definition) is 0. The molecule has 0 N–H and O–H groups in total. The van der Waals surface area contributed by atoms with E-state index < -0.39 is 0 Å². The Labute approximate surface area is 162 Å². The number of nitrogens with zero attached hydrogens (tertiary/aromatic N) is 4. The molecule has 1 aromatic heterocycles. The van der Waals surface area contributed by atoms with Gasteiger partial charge in [-0.3, -0.25) is 4.90 Å². The molecule has 1 atom stereocenters. The van der Waals surface area contributed by atoms with E-state index in [1.54, 1.807) is 0 Å². The zero-order valence-corrected chi connectivity index (χ0v) is 15.7. The quantitative estimate of drug-likeness (QED) is 0.664. The van der Waals surface area contributed by atoms with Crippen LogP contribution in [0.2, 0.25) is 5.02 Å². The third kappa shape index (κ3) is 3.96. The molecule has 0 saturated carbocycles. The Kier molecular flexibility index (Phi) is 5.09. The average Bonchev–Trinajstić information content (AvgIpc) is 3.18. The second-order valence-electron chi connectivity index (χ2n) is 6.63. The molecule has 0 amide bonds. The SMILES string of the molecule is C[C@@H](c1nnc(-c2cccc(Cl)c2)o1)N1CCN(c2ccc(F)cc2)CC1. The lowest BCUT2D eigenvalue weighted by atomic mass is 10.2. The highest BCUT2D eigenvalue weighted by Gasteiger charge is 2.26. The van der Waals surface area contributed by atoms with E-state index >= 15 is 0 Å². The van der Waals surface area contributed by atoms with E-state index in [1.807, 2.05) is 36.4 Å². The molecule has 0 radical (unpaired) electrons. The second-order valence-corrected chi connectivity index (χ2v) is 7.07. The summed E-state index contributed by atoms with van der Waals surface area (Å²) in [7, 11) is 0. The number of aromatic nitrogens is 2. The van der Waals surface area contributed by atoms with Crippen molar-refractivity contribution >= 4 is 17.3 Å². The van der Waals surface area contributed by atoms with Gasteiger partial charge in [0.05, 0.1) is 6.04 Å². The first-order valence-electron chi connectivity index (χ1n) is 8.94. The van der Waals surface area contributed by atoms with Crippen LogP contribution in [0.25, 0.3) is 11.5 Å². The summed E-state index contributed by atoms with van der Waals surface area (Å²) in [6.45, 7) is 5.54. The van der Waals surface area contributed by atoms with Gasteiger partial charge in [-0.15, -0.1) is 10.2 Å². The third-order valence-corrected chi connectivity index (χ3v) is 5.16. The summed E-state index contributed by atoms with van der Waals surface area (Å²) in [5, 5.41) is 9.03. The van der Waals surface area contributed by atoms with Crippen molar-refractivity contribution in [1.29, 1.82) is 0 Å². The van der Waals surface area contributed by atoms with Crippen LogP contribution in [0, 0.1) is 5.82 Å². The Balaban J connectivity index is 1.41. The van der Waals surface area contributed by atoms with Crippen LogP contribution in [0.15, 0.2) is 52.9 Å². The predicted octanol–water partition coefficient (Wildman–Crippen LogP) is 4.41. The number of rotatable bonds is 4. The van der Waals surface area contributed by atoms with E-state index in [2.05, 4.69) is 26.9 Å². The molecular formula is C20H20ClFN4O. The first-order chi connectivity index (χ1) is 13.1. The minimum atomic E-state index is -0.210. The van der Waals surface area contributed by atoms with E-state index in [9.17, 15) is 4.39 Å². The maximum Gasteiger partial charge on any atom is 0.247 e. The molecule has 3 aromatic rings. The number of benzene rings is 2. The van der Waals surface area contributed by atoms with Gasteiger partial charge in [-0.05, 0) is 49.4 Å². The summed E-state index contributed by atoms with van der Waals surface area (Å²) in [5.41, 5.74) is 1.86. The van der Waals surface area contributed by atoms with Gasteiger partial charge < -0.3 is 9.32 Å². The van der Waals surface area contributed by atoms with Crippen molar-refractivity contribution in [2.24, 2.45) is 0 Å². The Bertz CT molecular complexity index is 906. The molecule has 27 heavy (non-hydrogen) atoms. The number of hydrogen-bond acceptors (Lipinski definition) is 5. The lowest BCUT2D eigenvalue weighted by molar-refractivity contribution is 0.174. The molecule has 1 aliphatic heterocycles. The topological polar surface area (TPSA) is 45.4 Å². The Hall–Kier alpha value is -2.44. The molecule has 0 aliphatic carbocycles. The van der Waals surface area contributed by atoms with Crippen molar-refractivity contribution in [1.82, 2.24) is 15.1 Å². The minimum Gasteiger partial charge on any atom is -0.419 e. The summed E-state index contributed by atoms with van der Waals surface area (Å²) in [4.78, 5) is 4.57. The van der Waals surface area contributed by atoms with Crippen LogP contribution < -0.4 is 4.90 Å². The van der Waals surface area contributed by atoms with E-state index in [-0.39, 0.29) is 11.9 Å². The predicted molar refractivity (Wildman–Crippen MR) is 103 cm³/mol.